The number of imide groups is 1. The fraction of sp³-hybridized carbons (Fsp3) is 0.571. The third kappa shape index (κ3) is 2.83. The van der Waals surface area contributed by atoms with Crippen molar-refractivity contribution in [3.05, 3.63) is 23.3 Å². The van der Waals surface area contributed by atoms with Crippen molar-refractivity contribution >= 4 is 17.9 Å². The Hall–Kier alpha value is -2.81. The minimum absolute atomic E-state index is 0.0140. The number of hydrogen-bond donors (Lipinski definition) is 0. The Balaban J connectivity index is 1.75. The largest absolute Gasteiger partial charge is 0.497 e. The van der Waals surface area contributed by atoms with Crippen molar-refractivity contribution in [1.82, 2.24) is 14.7 Å². The van der Waals surface area contributed by atoms with Crippen molar-refractivity contribution in [2.45, 2.75) is 31.3 Å². The van der Waals surface area contributed by atoms with E-state index in [0.29, 0.717) is 24.6 Å². The lowest BCUT2D eigenvalue weighted by Crippen LogP contribution is -2.57. The normalized spacial score (nSPS) is 25.1. The Morgan fingerprint density at radius 1 is 1.23 bits per heavy atom. The lowest BCUT2D eigenvalue weighted by Gasteiger charge is -2.42. The number of carbonyl (C=O) groups excluding carboxylic acids is 3. The van der Waals surface area contributed by atoms with E-state index in [9.17, 15) is 14.4 Å². The lowest BCUT2D eigenvalue weighted by molar-refractivity contribution is -0.143. The summed E-state index contributed by atoms with van der Waals surface area (Å²) in [6.45, 7) is 3.35. The molecule has 0 radical (unpaired) electrons. The van der Waals surface area contributed by atoms with Gasteiger partial charge < -0.3 is 24.0 Å². The summed E-state index contributed by atoms with van der Waals surface area (Å²) in [7, 11) is 5.12. The summed E-state index contributed by atoms with van der Waals surface area (Å²) >= 11 is 0. The van der Waals surface area contributed by atoms with Gasteiger partial charge in [-0.15, -0.1) is 0 Å². The first-order valence-corrected chi connectivity index (χ1v) is 10.1. The number of esters is 1. The van der Waals surface area contributed by atoms with Crippen molar-refractivity contribution in [1.29, 1.82) is 0 Å². The molecule has 162 valence electrons. The molecule has 3 aliphatic heterocycles. The number of nitrogens with zero attached hydrogens (tertiary/aromatic N) is 3. The molecule has 9 heteroatoms. The first kappa shape index (κ1) is 20.5. The van der Waals surface area contributed by atoms with Crippen molar-refractivity contribution in [2.75, 3.05) is 47.5 Å². The molecule has 3 heterocycles. The predicted octanol–water partition coefficient (Wildman–Crippen LogP) is 1.20. The van der Waals surface area contributed by atoms with Gasteiger partial charge in [-0.1, -0.05) is 0 Å². The van der Waals surface area contributed by atoms with Crippen LogP contribution in [0.25, 0.3) is 0 Å². The number of carbonyl (C=O) groups is 3. The second-order valence-electron chi connectivity index (χ2n) is 7.95. The molecule has 1 aromatic carbocycles. The number of urea groups is 1. The van der Waals surface area contributed by atoms with Crippen LogP contribution in [-0.4, -0.2) is 85.7 Å². The molecule has 9 nitrogen and oxygen atoms in total. The lowest BCUT2D eigenvalue weighted by atomic mass is 9.75. The van der Waals surface area contributed by atoms with E-state index in [1.54, 1.807) is 32.1 Å². The Morgan fingerprint density at radius 2 is 2.00 bits per heavy atom. The standard InChI is InChI=1S/C21H27N3O6/c1-5-30-18(25)6-7-23-19(26)21-12-22(2)11-16(21)14-8-13(28-3)9-17(29-4)15(14)10-24(21)20(23)27/h8-9,16H,5-7,10-12H2,1-4H3/t16-,21-/m0/s1. The Morgan fingerprint density at radius 3 is 2.67 bits per heavy atom. The van der Waals surface area contributed by atoms with Gasteiger partial charge in [0.05, 0.1) is 33.8 Å². The molecule has 30 heavy (non-hydrogen) atoms. The van der Waals surface area contributed by atoms with Crippen LogP contribution in [0.2, 0.25) is 0 Å². The fourth-order valence-corrected chi connectivity index (χ4v) is 5.07. The van der Waals surface area contributed by atoms with Gasteiger partial charge in [-0.3, -0.25) is 14.5 Å². The third-order valence-electron chi connectivity index (χ3n) is 6.35. The van der Waals surface area contributed by atoms with Gasteiger partial charge in [-0.25, -0.2) is 4.79 Å². The number of fused-ring (bicyclic) bond motifs is 2. The molecule has 2 saturated heterocycles. The van der Waals surface area contributed by atoms with E-state index in [2.05, 4.69) is 4.90 Å². The van der Waals surface area contributed by atoms with Crippen molar-refractivity contribution in [2.24, 2.45) is 0 Å². The van der Waals surface area contributed by atoms with Crippen LogP contribution in [0, 0.1) is 0 Å². The average molecular weight is 417 g/mol. The third-order valence-corrected chi connectivity index (χ3v) is 6.35. The minimum Gasteiger partial charge on any atom is -0.497 e. The topological polar surface area (TPSA) is 88.6 Å². The Bertz CT molecular complexity index is 903. The molecule has 4 rings (SSSR count). The highest BCUT2D eigenvalue weighted by Gasteiger charge is 2.66. The van der Waals surface area contributed by atoms with Crippen LogP contribution in [0.1, 0.15) is 30.4 Å². The molecule has 2 atom stereocenters. The zero-order chi connectivity index (χ0) is 21.6. The summed E-state index contributed by atoms with van der Waals surface area (Å²) in [5.41, 5.74) is 0.882. The summed E-state index contributed by atoms with van der Waals surface area (Å²) in [6, 6.07) is 3.37. The van der Waals surface area contributed by atoms with Gasteiger partial charge in [0.15, 0.2) is 0 Å². The molecule has 1 aromatic rings. The SMILES string of the molecule is CCOC(=O)CCN1C(=O)N2Cc3c(OC)cc(OC)cc3[C@@H]3CN(C)C[C@@]32C1=O. The number of amides is 3. The summed E-state index contributed by atoms with van der Waals surface area (Å²) < 4.78 is 16.0. The van der Waals surface area contributed by atoms with Crippen LogP contribution in [0.4, 0.5) is 4.79 Å². The smallest absolute Gasteiger partial charge is 0.328 e. The number of methoxy groups -OCH3 is 2. The maximum absolute atomic E-state index is 13.6. The van der Waals surface area contributed by atoms with Gasteiger partial charge >= 0.3 is 12.0 Å². The van der Waals surface area contributed by atoms with Crippen LogP contribution >= 0.6 is 0 Å². The van der Waals surface area contributed by atoms with E-state index in [4.69, 9.17) is 14.2 Å². The van der Waals surface area contributed by atoms with E-state index >= 15 is 0 Å². The van der Waals surface area contributed by atoms with Crippen LogP contribution in [0.15, 0.2) is 12.1 Å². The number of ether oxygens (including phenoxy) is 3. The van der Waals surface area contributed by atoms with Crippen molar-refractivity contribution in [3.8, 4) is 11.5 Å². The zero-order valence-electron chi connectivity index (χ0n) is 17.8. The van der Waals surface area contributed by atoms with Gasteiger partial charge in [0.1, 0.15) is 17.0 Å². The summed E-state index contributed by atoms with van der Waals surface area (Å²) in [5.74, 6) is 0.408. The van der Waals surface area contributed by atoms with E-state index in [1.807, 2.05) is 13.1 Å². The number of rotatable bonds is 6. The molecule has 1 spiro atoms. The first-order chi connectivity index (χ1) is 14.4. The average Bonchev–Trinajstić information content (AvgIpc) is 3.18. The summed E-state index contributed by atoms with van der Waals surface area (Å²) in [6.07, 6.45) is -0.0140. The monoisotopic (exact) mass is 417 g/mol. The Labute approximate surface area is 175 Å². The molecule has 2 fully saturated rings. The van der Waals surface area contributed by atoms with Gasteiger partial charge in [0.2, 0.25) is 0 Å². The number of likely N-dealkylation sites (N-methyl/N-ethyl adjacent to an activating group) is 1. The van der Waals surface area contributed by atoms with Gasteiger partial charge in [0, 0.05) is 37.2 Å². The maximum Gasteiger partial charge on any atom is 0.328 e. The van der Waals surface area contributed by atoms with E-state index in [-0.39, 0.29) is 44.0 Å². The molecular formula is C21H27N3O6. The Kier molecular flexibility index (Phi) is 5.09. The molecule has 3 amide bonds. The number of benzene rings is 1. The summed E-state index contributed by atoms with van der Waals surface area (Å²) in [5, 5.41) is 0. The highest BCUT2D eigenvalue weighted by atomic mass is 16.5. The first-order valence-electron chi connectivity index (χ1n) is 10.1. The van der Waals surface area contributed by atoms with Gasteiger partial charge in [-0.2, -0.15) is 0 Å². The van der Waals surface area contributed by atoms with Crippen LogP contribution in [0.3, 0.4) is 0 Å². The molecule has 0 N–H and O–H groups in total. The predicted molar refractivity (Wildman–Crippen MR) is 106 cm³/mol. The van der Waals surface area contributed by atoms with Crippen LogP contribution in [-0.2, 0) is 20.9 Å². The minimum atomic E-state index is -0.981. The van der Waals surface area contributed by atoms with E-state index < -0.39 is 11.5 Å². The number of likely N-dealkylation sites (tertiary alicyclic amines) is 1. The van der Waals surface area contributed by atoms with Gasteiger partial charge in [0.25, 0.3) is 5.91 Å². The van der Waals surface area contributed by atoms with Crippen molar-refractivity contribution < 1.29 is 28.6 Å². The number of hydrogen-bond acceptors (Lipinski definition) is 7. The fourth-order valence-electron chi connectivity index (χ4n) is 5.07. The molecule has 0 aromatic heterocycles. The summed E-state index contributed by atoms with van der Waals surface area (Å²) in [4.78, 5) is 43.7. The highest BCUT2D eigenvalue weighted by Crippen LogP contribution is 2.52. The molecule has 0 aliphatic carbocycles. The highest BCUT2D eigenvalue weighted by molar-refractivity contribution is 6.08. The molecule has 0 unspecified atom stereocenters. The molecule has 0 saturated carbocycles. The van der Waals surface area contributed by atoms with E-state index in [0.717, 1.165) is 11.1 Å². The van der Waals surface area contributed by atoms with E-state index in [1.165, 1.54) is 4.90 Å². The zero-order valence-corrected chi connectivity index (χ0v) is 17.8. The van der Waals surface area contributed by atoms with Crippen LogP contribution in [0.5, 0.6) is 11.5 Å². The maximum atomic E-state index is 13.6. The second-order valence-corrected chi connectivity index (χ2v) is 7.95. The van der Waals surface area contributed by atoms with Crippen molar-refractivity contribution in [3.63, 3.8) is 0 Å². The quantitative estimate of drug-likeness (QED) is 0.508. The van der Waals surface area contributed by atoms with Gasteiger partial charge in [-0.05, 0) is 25.6 Å². The molecule has 0 bridgehead atoms. The molecule has 3 aliphatic rings. The molecular weight excluding hydrogens is 390 g/mol. The van der Waals surface area contributed by atoms with Crippen LogP contribution < -0.4 is 9.47 Å². The second kappa shape index (κ2) is 7.46.